The van der Waals surface area contributed by atoms with Gasteiger partial charge in [-0.3, -0.25) is 0 Å². The number of hydrogen-bond donors (Lipinski definition) is 2. The minimum Gasteiger partial charge on any atom is -0.359 e. The van der Waals surface area contributed by atoms with Gasteiger partial charge in [-0.1, -0.05) is 19.0 Å². The molecule has 1 aromatic heterocycles. The molecule has 0 spiro atoms. The lowest BCUT2D eigenvalue weighted by Gasteiger charge is -2.21. The van der Waals surface area contributed by atoms with E-state index in [9.17, 15) is 0 Å². The smallest absolute Gasteiger partial charge is 0.191 e. The molecule has 26 heavy (non-hydrogen) atoms. The van der Waals surface area contributed by atoms with Gasteiger partial charge in [0.15, 0.2) is 11.7 Å². The van der Waals surface area contributed by atoms with Crippen LogP contribution in [0.3, 0.4) is 0 Å². The Hall–Kier alpha value is -0.870. The van der Waals surface area contributed by atoms with E-state index in [1.165, 1.54) is 19.5 Å². The zero-order chi connectivity index (χ0) is 18.1. The van der Waals surface area contributed by atoms with Crippen LogP contribution >= 0.6 is 24.0 Å². The fourth-order valence-corrected chi connectivity index (χ4v) is 2.83. The molecule has 2 heterocycles. The van der Waals surface area contributed by atoms with Crippen LogP contribution in [-0.4, -0.2) is 73.8 Å². The van der Waals surface area contributed by atoms with Gasteiger partial charge in [0.2, 0.25) is 0 Å². The molecule has 2 N–H and O–H groups in total. The first-order valence-electron chi connectivity index (χ1n) is 9.47. The van der Waals surface area contributed by atoms with Gasteiger partial charge in [-0.05, 0) is 39.4 Å². The average Bonchev–Trinajstić information content (AvgIpc) is 2.97. The Labute approximate surface area is 175 Å². The number of likely N-dealkylation sites (N-methyl/N-ethyl adjacent to an activating group) is 1. The lowest BCUT2D eigenvalue weighted by atomic mass is 10.1. The minimum atomic E-state index is 0. The molecule has 8 heteroatoms. The molecule has 0 aliphatic carbocycles. The molecule has 1 aliphatic heterocycles. The Morgan fingerprint density at radius 2 is 2.08 bits per heavy atom. The molecule has 1 aliphatic rings. The van der Waals surface area contributed by atoms with Gasteiger partial charge >= 0.3 is 0 Å². The molecule has 0 atom stereocenters. The summed E-state index contributed by atoms with van der Waals surface area (Å²) in [6.45, 7) is 14.2. The highest BCUT2D eigenvalue weighted by Crippen LogP contribution is 2.14. The first-order chi connectivity index (χ1) is 12.1. The molecule has 0 bridgehead atoms. The van der Waals surface area contributed by atoms with E-state index in [0.717, 1.165) is 50.1 Å². The van der Waals surface area contributed by atoms with Crippen molar-refractivity contribution >= 4 is 29.9 Å². The van der Waals surface area contributed by atoms with Crippen molar-refractivity contribution in [2.75, 3.05) is 52.9 Å². The molecule has 1 fully saturated rings. The van der Waals surface area contributed by atoms with Crippen LogP contribution in [0.1, 0.15) is 44.6 Å². The van der Waals surface area contributed by atoms with Crippen LogP contribution in [0.25, 0.3) is 0 Å². The molecule has 1 saturated heterocycles. The lowest BCUT2D eigenvalue weighted by molar-refractivity contribution is 0.280. The SMILES string of the molecule is CCNC(=NCc1cc(C(C)C)no1)NCCN1CCCN(C)CC1.I. The Morgan fingerprint density at radius 1 is 1.27 bits per heavy atom. The van der Waals surface area contributed by atoms with E-state index in [1.54, 1.807) is 0 Å². The molecule has 0 unspecified atom stereocenters. The van der Waals surface area contributed by atoms with E-state index in [0.29, 0.717) is 12.5 Å². The van der Waals surface area contributed by atoms with Crippen molar-refractivity contribution in [2.45, 2.75) is 39.7 Å². The van der Waals surface area contributed by atoms with Gasteiger partial charge in [-0.2, -0.15) is 0 Å². The Kier molecular flexibility index (Phi) is 11.1. The summed E-state index contributed by atoms with van der Waals surface area (Å²) in [6, 6.07) is 1.99. The molecule has 1 aromatic rings. The van der Waals surface area contributed by atoms with E-state index in [4.69, 9.17) is 4.52 Å². The zero-order valence-corrected chi connectivity index (χ0v) is 19.0. The van der Waals surface area contributed by atoms with Crippen LogP contribution in [0.15, 0.2) is 15.6 Å². The Morgan fingerprint density at radius 3 is 2.77 bits per heavy atom. The third kappa shape index (κ3) is 8.22. The standard InChI is InChI=1S/C18H34N6O.HI/c1-5-19-18(21-14-16-13-17(15(2)3)22-25-16)20-7-10-24-9-6-8-23(4)11-12-24;/h13,15H,5-12,14H2,1-4H3,(H2,19,20,21);1H. The number of rotatable bonds is 7. The normalized spacial score (nSPS) is 17.0. The summed E-state index contributed by atoms with van der Waals surface area (Å²) in [5, 5.41) is 10.8. The number of guanidine groups is 1. The summed E-state index contributed by atoms with van der Waals surface area (Å²) in [5.74, 6) is 2.01. The monoisotopic (exact) mass is 478 g/mol. The van der Waals surface area contributed by atoms with E-state index in [2.05, 4.69) is 58.4 Å². The van der Waals surface area contributed by atoms with Crippen LogP contribution in [0.2, 0.25) is 0 Å². The molecule has 0 aromatic carbocycles. The predicted octanol–water partition coefficient (Wildman–Crippen LogP) is 2.11. The number of nitrogens with zero attached hydrogens (tertiary/aromatic N) is 4. The van der Waals surface area contributed by atoms with Crippen molar-refractivity contribution < 1.29 is 4.52 Å². The minimum absolute atomic E-state index is 0. The number of nitrogens with one attached hydrogen (secondary N) is 2. The van der Waals surface area contributed by atoms with E-state index in [-0.39, 0.29) is 24.0 Å². The summed E-state index contributed by atoms with van der Waals surface area (Å²) in [4.78, 5) is 9.53. The second-order valence-corrected chi connectivity index (χ2v) is 6.99. The van der Waals surface area contributed by atoms with Crippen molar-refractivity contribution in [3.63, 3.8) is 0 Å². The van der Waals surface area contributed by atoms with Gasteiger partial charge in [0.1, 0.15) is 6.54 Å². The van der Waals surface area contributed by atoms with Crippen LogP contribution in [0, 0.1) is 0 Å². The fourth-order valence-electron chi connectivity index (χ4n) is 2.83. The third-order valence-corrected chi connectivity index (χ3v) is 4.44. The maximum atomic E-state index is 5.35. The molecule has 0 amide bonds. The summed E-state index contributed by atoms with van der Waals surface area (Å²) in [5.41, 5.74) is 0.981. The summed E-state index contributed by atoms with van der Waals surface area (Å²) in [7, 11) is 2.20. The van der Waals surface area contributed by atoms with Gasteiger partial charge < -0.3 is 25.0 Å². The number of halogens is 1. The van der Waals surface area contributed by atoms with Crippen LogP contribution in [-0.2, 0) is 6.54 Å². The third-order valence-electron chi connectivity index (χ3n) is 4.44. The first kappa shape index (κ1) is 23.2. The van der Waals surface area contributed by atoms with E-state index in [1.807, 2.05) is 6.07 Å². The van der Waals surface area contributed by atoms with Crippen LogP contribution < -0.4 is 10.6 Å². The molecule has 0 radical (unpaired) electrons. The fraction of sp³-hybridized carbons (Fsp3) is 0.778. The van der Waals surface area contributed by atoms with Crippen molar-refractivity contribution in [1.82, 2.24) is 25.6 Å². The van der Waals surface area contributed by atoms with Gasteiger partial charge in [-0.25, -0.2) is 4.99 Å². The topological polar surface area (TPSA) is 68.9 Å². The van der Waals surface area contributed by atoms with Crippen molar-refractivity contribution in [1.29, 1.82) is 0 Å². The van der Waals surface area contributed by atoms with Crippen molar-refractivity contribution in [3.05, 3.63) is 17.5 Å². The predicted molar refractivity (Wildman–Crippen MR) is 117 cm³/mol. The summed E-state index contributed by atoms with van der Waals surface area (Å²) < 4.78 is 5.35. The van der Waals surface area contributed by atoms with E-state index < -0.39 is 0 Å². The Balaban J connectivity index is 0.00000338. The zero-order valence-electron chi connectivity index (χ0n) is 16.6. The van der Waals surface area contributed by atoms with Gasteiger partial charge in [0.05, 0.1) is 5.69 Å². The van der Waals surface area contributed by atoms with Gasteiger partial charge in [0.25, 0.3) is 0 Å². The second-order valence-electron chi connectivity index (χ2n) is 6.99. The van der Waals surface area contributed by atoms with Crippen molar-refractivity contribution in [2.24, 2.45) is 4.99 Å². The quantitative estimate of drug-likeness (QED) is 0.356. The van der Waals surface area contributed by atoms with Crippen LogP contribution in [0.5, 0.6) is 0 Å². The second kappa shape index (κ2) is 12.5. The molecule has 2 rings (SSSR count). The lowest BCUT2D eigenvalue weighted by Crippen LogP contribution is -2.42. The maximum Gasteiger partial charge on any atom is 0.191 e. The summed E-state index contributed by atoms with van der Waals surface area (Å²) in [6.07, 6.45) is 1.24. The van der Waals surface area contributed by atoms with Gasteiger partial charge in [-0.15, -0.1) is 24.0 Å². The molecule has 150 valence electrons. The van der Waals surface area contributed by atoms with Crippen molar-refractivity contribution in [3.8, 4) is 0 Å². The average molecular weight is 478 g/mol. The van der Waals surface area contributed by atoms with Crippen LogP contribution in [0.4, 0.5) is 0 Å². The maximum absolute atomic E-state index is 5.35. The molecular weight excluding hydrogens is 443 g/mol. The number of hydrogen-bond acceptors (Lipinski definition) is 5. The highest BCUT2D eigenvalue weighted by atomic mass is 127. The largest absolute Gasteiger partial charge is 0.359 e. The number of aliphatic imine (C=N–C) groups is 1. The highest BCUT2D eigenvalue weighted by Gasteiger charge is 2.12. The van der Waals surface area contributed by atoms with Gasteiger partial charge in [0, 0.05) is 38.8 Å². The molecule has 0 saturated carbocycles. The molecular formula is C18H35IN6O. The van der Waals surface area contributed by atoms with E-state index >= 15 is 0 Å². The highest BCUT2D eigenvalue weighted by molar-refractivity contribution is 14.0. The first-order valence-corrected chi connectivity index (χ1v) is 9.47. The summed E-state index contributed by atoms with van der Waals surface area (Å²) >= 11 is 0. The number of aromatic nitrogens is 1. The Bertz CT molecular complexity index is 534. The molecule has 7 nitrogen and oxygen atoms in total.